The predicted octanol–water partition coefficient (Wildman–Crippen LogP) is 4.58. The van der Waals surface area contributed by atoms with Gasteiger partial charge >= 0.3 is 31.1 Å². The van der Waals surface area contributed by atoms with Gasteiger partial charge in [-0.2, -0.15) is 35.8 Å². The van der Waals surface area contributed by atoms with Crippen LogP contribution in [0.15, 0.2) is 36.4 Å². The molecule has 0 bridgehead atoms. The van der Waals surface area contributed by atoms with Crippen LogP contribution in [0.3, 0.4) is 0 Å². The fourth-order valence-corrected chi connectivity index (χ4v) is 4.98. The Morgan fingerprint density at radius 3 is 1.00 bits per heavy atom. The van der Waals surface area contributed by atoms with E-state index in [1.54, 1.807) is 12.1 Å². The molecule has 190 valence electrons. The number of aryl methyl sites for hydroxylation is 4. The van der Waals surface area contributed by atoms with Crippen LogP contribution in [0.25, 0.3) is 0 Å². The van der Waals surface area contributed by atoms with Crippen molar-refractivity contribution in [2.24, 2.45) is 0 Å². The quantitative estimate of drug-likeness (QED) is 0.511. The second kappa shape index (κ2) is 9.47. The highest BCUT2D eigenvalue weighted by molar-refractivity contribution is 7.90. The summed E-state index contributed by atoms with van der Waals surface area (Å²) in [7, 11) is -12.2. The predicted molar refractivity (Wildman–Crippen MR) is 114 cm³/mol. The van der Waals surface area contributed by atoms with Crippen molar-refractivity contribution in [2.75, 3.05) is 0 Å². The third-order valence-corrected chi connectivity index (χ3v) is 7.06. The molecule has 34 heavy (non-hydrogen) atoms. The highest BCUT2D eigenvalue weighted by Crippen LogP contribution is 2.36. The number of nitrogens with one attached hydrogen (secondary N) is 2. The number of rotatable bonds is 7. The Balaban J connectivity index is 2.86. The van der Waals surface area contributed by atoms with Gasteiger partial charge in [-0.1, -0.05) is 58.7 Å². The van der Waals surface area contributed by atoms with Gasteiger partial charge in [0.05, 0.1) is 12.1 Å². The first-order valence-electron chi connectivity index (χ1n) is 9.57. The normalized spacial score (nSPS) is 15.2. The second-order valence-electron chi connectivity index (χ2n) is 7.93. The van der Waals surface area contributed by atoms with Crippen LogP contribution in [0.2, 0.25) is 0 Å². The minimum absolute atomic E-state index is 0.167. The molecule has 2 atom stereocenters. The Kier molecular flexibility index (Phi) is 7.82. The summed E-state index contributed by atoms with van der Waals surface area (Å²) in [6, 6.07) is 4.08. The molecule has 14 heteroatoms. The van der Waals surface area contributed by atoms with E-state index in [1.165, 1.54) is 61.4 Å². The summed E-state index contributed by atoms with van der Waals surface area (Å²) >= 11 is 0. The number of hydrogen-bond acceptors (Lipinski definition) is 4. The van der Waals surface area contributed by atoms with Crippen LogP contribution in [0, 0.1) is 27.7 Å². The van der Waals surface area contributed by atoms with Crippen molar-refractivity contribution < 1.29 is 43.2 Å². The first-order chi connectivity index (χ1) is 15.2. The van der Waals surface area contributed by atoms with Crippen LogP contribution in [-0.2, 0) is 20.0 Å². The zero-order valence-corrected chi connectivity index (χ0v) is 20.0. The molecule has 0 amide bonds. The van der Waals surface area contributed by atoms with Crippen molar-refractivity contribution in [3.8, 4) is 0 Å². The third kappa shape index (κ3) is 6.49. The Morgan fingerprint density at radius 1 is 0.559 bits per heavy atom. The molecule has 0 heterocycles. The monoisotopic (exact) mass is 532 g/mol. The Bertz CT molecular complexity index is 1130. The minimum Gasteiger partial charge on any atom is -0.203 e. The van der Waals surface area contributed by atoms with Crippen molar-refractivity contribution in [1.29, 1.82) is 0 Å². The van der Waals surface area contributed by atoms with Gasteiger partial charge in [0.2, 0.25) is 0 Å². The zero-order valence-electron chi connectivity index (χ0n) is 18.3. The third-order valence-electron chi connectivity index (χ3n) is 4.71. The molecule has 2 rings (SSSR count). The van der Waals surface area contributed by atoms with E-state index < -0.39 is 43.1 Å². The summed E-state index contributed by atoms with van der Waals surface area (Å²) in [5.41, 5.74) is -10.1. The topological polar surface area (TPSA) is 92.3 Å². The largest absolute Gasteiger partial charge is 0.511 e. The summed E-state index contributed by atoms with van der Waals surface area (Å²) in [5.74, 6) is 0. The highest BCUT2D eigenvalue weighted by atomic mass is 32.2. The van der Waals surface area contributed by atoms with Crippen LogP contribution < -0.4 is 9.44 Å². The lowest BCUT2D eigenvalue weighted by Crippen LogP contribution is -2.47. The van der Waals surface area contributed by atoms with Crippen LogP contribution in [0.1, 0.15) is 45.5 Å². The van der Waals surface area contributed by atoms with Crippen LogP contribution in [0.5, 0.6) is 0 Å². The number of hydrogen-bond donors (Lipinski definition) is 2. The van der Waals surface area contributed by atoms with Gasteiger partial charge in [-0.15, -0.1) is 0 Å². The summed E-state index contributed by atoms with van der Waals surface area (Å²) in [4.78, 5) is 0. The molecule has 0 aliphatic carbocycles. The molecule has 0 saturated heterocycles. The summed E-state index contributed by atoms with van der Waals surface area (Å²) in [6.07, 6.45) is 0. The lowest BCUT2D eigenvalue weighted by Gasteiger charge is -2.31. The van der Waals surface area contributed by atoms with Gasteiger partial charge in [-0.05, 0) is 38.8 Å². The van der Waals surface area contributed by atoms with Gasteiger partial charge < -0.3 is 0 Å². The molecule has 0 aliphatic rings. The molecule has 0 fully saturated rings. The number of sulfonamides is 2. The zero-order chi connectivity index (χ0) is 26.3. The van der Waals surface area contributed by atoms with Crippen molar-refractivity contribution >= 4 is 20.0 Å². The molecule has 0 aliphatic heterocycles. The molecule has 0 spiro atoms. The summed E-state index contributed by atoms with van der Waals surface area (Å²) in [6.45, 7) is 6.16. The SMILES string of the molecule is Cc1cc(C)cc([C@H](NS(=O)(=O)C(F)(F)F)[C@@H](NS(=O)(=O)C(F)(F)F)c2cc(C)cc(C)c2)c1. The van der Waals surface area contributed by atoms with E-state index in [9.17, 15) is 43.2 Å². The first-order valence-corrected chi connectivity index (χ1v) is 12.5. The van der Waals surface area contributed by atoms with Crippen molar-refractivity contribution in [3.05, 3.63) is 69.8 Å². The number of benzene rings is 2. The maximum atomic E-state index is 13.2. The molecular weight excluding hydrogens is 510 g/mol. The van der Waals surface area contributed by atoms with Crippen LogP contribution in [0.4, 0.5) is 26.3 Å². The van der Waals surface area contributed by atoms with Crippen molar-refractivity contribution in [3.63, 3.8) is 0 Å². The molecule has 2 N–H and O–H groups in total. The van der Waals surface area contributed by atoms with Gasteiger partial charge in [-0.25, -0.2) is 16.8 Å². The fourth-order valence-electron chi connectivity index (χ4n) is 3.50. The molecule has 0 radical (unpaired) electrons. The highest BCUT2D eigenvalue weighted by Gasteiger charge is 2.51. The fraction of sp³-hybridized carbons (Fsp3) is 0.400. The molecule has 0 saturated carbocycles. The second-order valence-corrected chi connectivity index (χ2v) is 11.3. The lowest BCUT2D eigenvalue weighted by atomic mass is 9.91. The number of alkyl halides is 6. The van der Waals surface area contributed by atoms with Crippen LogP contribution in [-0.4, -0.2) is 27.9 Å². The van der Waals surface area contributed by atoms with Gasteiger partial charge in [-0.3, -0.25) is 0 Å². The van der Waals surface area contributed by atoms with E-state index in [0.717, 1.165) is 0 Å². The lowest BCUT2D eigenvalue weighted by molar-refractivity contribution is -0.0465. The summed E-state index contributed by atoms with van der Waals surface area (Å²) < 4.78 is 130. The van der Waals surface area contributed by atoms with Gasteiger partial charge in [0.1, 0.15) is 0 Å². The average Bonchev–Trinajstić information content (AvgIpc) is 2.61. The molecule has 2 aromatic rings. The molecule has 2 aromatic carbocycles. The molecule has 0 aromatic heterocycles. The van der Waals surface area contributed by atoms with Gasteiger partial charge in [0.25, 0.3) is 0 Å². The van der Waals surface area contributed by atoms with E-state index in [4.69, 9.17) is 0 Å². The van der Waals surface area contributed by atoms with E-state index in [0.29, 0.717) is 22.3 Å². The standard InChI is InChI=1S/C20H22F6N2O4S2/c1-11-5-12(2)8-15(7-11)17(27-33(29,30)19(21,22)23)18(28-34(31,32)20(24,25)26)16-9-13(3)6-14(4)10-16/h5-10,17-18,27-28H,1-4H3/t17-,18-/m0/s1. The maximum absolute atomic E-state index is 13.2. The van der Waals surface area contributed by atoms with Gasteiger partial charge in [0.15, 0.2) is 0 Å². The van der Waals surface area contributed by atoms with E-state index >= 15 is 0 Å². The molecular formula is C20H22F6N2O4S2. The van der Waals surface area contributed by atoms with Crippen LogP contribution >= 0.6 is 0 Å². The van der Waals surface area contributed by atoms with Gasteiger partial charge in [0, 0.05) is 0 Å². The van der Waals surface area contributed by atoms with E-state index in [2.05, 4.69) is 0 Å². The summed E-state index contributed by atoms with van der Waals surface area (Å²) in [5, 5.41) is 0. The minimum atomic E-state index is -6.10. The smallest absolute Gasteiger partial charge is 0.203 e. The Labute approximate surface area is 193 Å². The van der Waals surface area contributed by atoms with Crippen molar-refractivity contribution in [1.82, 2.24) is 9.44 Å². The Morgan fingerprint density at radius 2 is 0.794 bits per heavy atom. The van der Waals surface area contributed by atoms with Crippen molar-refractivity contribution in [2.45, 2.75) is 50.8 Å². The average molecular weight is 533 g/mol. The number of halogens is 6. The first kappa shape index (κ1) is 28.1. The Hall–Kier alpha value is -2.16. The molecule has 0 unspecified atom stereocenters. The molecule has 6 nitrogen and oxygen atoms in total. The van der Waals surface area contributed by atoms with E-state index in [1.807, 2.05) is 0 Å². The maximum Gasteiger partial charge on any atom is 0.511 e. The van der Waals surface area contributed by atoms with E-state index in [-0.39, 0.29) is 11.1 Å².